The SMILES string of the molecule is O=C(CC1CNC1)N1CCC2CCCCC21. The molecular formula is C13H22N2O. The van der Waals surface area contributed by atoms with Crippen LogP contribution in [0.2, 0.25) is 0 Å². The first-order valence-corrected chi connectivity index (χ1v) is 6.85. The monoisotopic (exact) mass is 222 g/mol. The number of hydrogen-bond acceptors (Lipinski definition) is 2. The molecule has 0 aromatic rings. The Balaban J connectivity index is 1.58. The normalized spacial score (nSPS) is 34.6. The van der Waals surface area contributed by atoms with Gasteiger partial charge < -0.3 is 10.2 Å². The first-order valence-electron chi connectivity index (χ1n) is 6.85. The van der Waals surface area contributed by atoms with Gasteiger partial charge in [-0.3, -0.25) is 4.79 Å². The fourth-order valence-corrected chi connectivity index (χ4v) is 3.57. The highest BCUT2D eigenvalue weighted by molar-refractivity contribution is 5.77. The van der Waals surface area contributed by atoms with Gasteiger partial charge in [-0.2, -0.15) is 0 Å². The van der Waals surface area contributed by atoms with Gasteiger partial charge >= 0.3 is 0 Å². The van der Waals surface area contributed by atoms with Crippen molar-refractivity contribution >= 4 is 5.91 Å². The summed E-state index contributed by atoms with van der Waals surface area (Å²) in [6.45, 7) is 3.13. The van der Waals surface area contributed by atoms with Crippen LogP contribution in [0.15, 0.2) is 0 Å². The molecule has 2 saturated heterocycles. The minimum Gasteiger partial charge on any atom is -0.339 e. The van der Waals surface area contributed by atoms with Crippen molar-refractivity contribution in [2.24, 2.45) is 11.8 Å². The van der Waals surface area contributed by atoms with Crippen molar-refractivity contribution in [2.75, 3.05) is 19.6 Å². The van der Waals surface area contributed by atoms with Crippen LogP contribution in [0.1, 0.15) is 38.5 Å². The van der Waals surface area contributed by atoms with E-state index in [9.17, 15) is 4.79 Å². The molecule has 0 radical (unpaired) electrons. The number of fused-ring (bicyclic) bond motifs is 1. The van der Waals surface area contributed by atoms with Gasteiger partial charge in [0.05, 0.1) is 0 Å². The summed E-state index contributed by atoms with van der Waals surface area (Å²) >= 11 is 0. The summed E-state index contributed by atoms with van der Waals surface area (Å²) in [4.78, 5) is 14.4. The summed E-state index contributed by atoms with van der Waals surface area (Å²) in [6.07, 6.45) is 7.39. The molecule has 3 aliphatic rings. The number of nitrogens with zero attached hydrogens (tertiary/aromatic N) is 1. The van der Waals surface area contributed by atoms with Crippen molar-refractivity contribution in [3.8, 4) is 0 Å². The van der Waals surface area contributed by atoms with Crippen LogP contribution in [0.25, 0.3) is 0 Å². The van der Waals surface area contributed by atoms with E-state index >= 15 is 0 Å². The second kappa shape index (κ2) is 4.36. The highest BCUT2D eigenvalue weighted by atomic mass is 16.2. The molecule has 3 rings (SSSR count). The van der Waals surface area contributed by atoms with Crippen molar-refractivity contribution in [1.29, 1.82) is 0 Å². The number of hydrogen-bond donors (Lipinski definition) is 1. The first kappa shape index (κ1) is 10.6. The number of carbonyl (C=O) groups is 1. The molecule has 1 amide bonds. The summed E-state index contributed by atoms with van der Waals surface area (Å²) in [6, 6.07) is 0.606. The van der Waals surface area contributed by atoms with E-state index < -0.39 is 0 Å². The minimum absolute atomic E-state index is 0.431. The van der Waals surface area contributed by atoms with Gasteiger partial charge in [-0.25, -0.2) is 0 Å². The molecule has 1 saturated carbocycles. The van der Waals surface area contributed by atoms with Gasteiger partial charge in [0.1, 0.15) is 0 Å². The average Bonchev–Trinajstić information content (AvgIpc) is 2.67. The molecule has 3 fully saturated rings. The molecule has 1 N–H and O–H groups in total. The number of nitrogens with one attached hydrogen (secondary N) is 1. The highest BCUT2D eigenvalue weighted by Crippen LogP contribution is 2.36. The van der Waals surface area contributed by atoms with Gasteiger partial charge in [0.15, 0.2) is 0 Å². The van der Waals surface area contributed by atoms with Crippen LogP contribution < -0.4 is 5.32 Å². The van der Waals surface area contributed by atoms with E-state index in [4.69, 9.17) is 0 Å². The lowest BCUT2D eigenvalue weighted by atomic mass is 9.85. The summed E-state index contributed by atoms with van der Waals surface area (Å²) < 4.78 is 0. The molecule has 0 spiro atoms. The van der Waals surface area contributed by atoms with Crippen molar-refractivity contribution < 1.29 is 4.79 Å². The van der Waals surface area contributed by atoms with E-state index in [0.717, 1.165) is 32.0 Å². The smallest absolute Gasteiger partial charge is 0.223 e. The zero-order valence-electron chi connectivity index (χ0n) is 9.95. The van der Waals surface area contributed by atoms with Crippen LogP contribution in [-0.2, 0) is 4.79 Å². The fraction of sp³-hybridized carbons (Fsp3) is 0.923. The zero-order valence-corrected chi connectivity index (χ0v) is 9.95. The summed E-state index contributed by atoms with van der Waals surface area (Å²) in [7, 11) is 0. The van der Waals surface area contributed by atoms with Crippen molar-refractivity contribution in [1.82, 2.24) is 10.2 Å². The van der Waals surface area contributed by atoms with Gasteiger partial charge in [-0.15, -0.1) is 0 Å². The van der Waals surface area contributed by atoms with Crippen molar-refractivity contribution in [2.45, 2.75) is 44.6 Å². The molecule has 90 valence electrons. The van der Waals surface area contributed by atoms with Gasteiger partial charge in [-0.05, 0) is 44.2 Å². The fourth-order valence-electron chi connectivity index (χ4n) is 3.57. The Kier molecular flexibility index (Phi) is 2.88. The van der Waals surface area contributed by atoms with Gasteiger partial charge in [-0.1, -0.05) is 12.8 Å². The van der Waals surface area contributed by atoms with Crippen LogP contribution in [0, 0.1) is 11.8 Å². The molecule has 2 heterocycles. The van der Waals surface area contributed by atoms with Crippen LogP contribution in [0.4, 0.5) is 0 Å². The topological polar surface area (TPSA) is 32.3 Å². The Morgan fingerprint density at radius 2 is 2.00 bits per heavy atom. The van der Waals surface area contributed by atoms with E-state index in [2.05, 4.69) is 10.2 Å². The second-order valence-electron chi connectivity index (χ2n) is 5.72. The molecule has 1 aliphatic carbocycles. The van der Waals surface area contributed by atoms with Crippen LogP contribution >= 0.6 is 0 Å². The maximum atomic E-state index is 12.2. The standard InChI is InChI=1S/C13H22N2O/c16-13(7-10-8-14-9-10)15-6-5-11-3-1-2-4-12(11)15/h10-12,14H,1-9H2. The second-order valence-corrected chi connectivity index (χ2v) is 5.72. The molecule has 0 aromatic carbocycles. The molecular weight excluding hydrogens is 200 g/mol. The maximum absolute atomic E-state index is 12.2. The molecule has 0 aromatic heterocycles. The molecule has 0 bridgehead atoms. The van der Waals surface area contributed by atoms with Crippen molar-refractivity contribution in [3.05, 3.63) is 0 Å². The van der Waals surface area contributed by atoms with E-state index in [1.807, 2.05) is 0 Å². The van der Waals surface area contributed by atoms with E-state index in [1.165, 1.54) is 32.1 Å². The highest BCUT2D eigenvalue weighted by Gasteiger charge is 2.38. The molecule has 3 heteroatoms. The Bertz CT molecular complexity index is 275. The number of amides is 1. The summed E-state index contributed by atoms with van der Waals surface area (Å²) in [5.74, 6) is 1.88. The predicted octanol–water partition coefficient (Wildman–Crippen LogP) is 1.39. The Morgan fingerprint density at radius 3 is 2.75 bits per heavy atom. The molecule has 3 nitrogen and oxygen atoms in total. The van der Waals surface area contributed by atoms with E-state index in [1.54, 1.807) is 0 Å². The lowest BCUT2D eigenvalue weighted by Gasteiger charge is -2.34. The van der Waals surface area contributed by atoms with Crippen LogP contribution in [0.3, 0.4) is 0 Å². The van der Waals surface area contributed by atoms with E-state index in [0.29, 0.717) is 17.9 Å². The van der Waals surface area contributed by atoms with Gasteiger partial charge in [0, 0.05) is 19.0 Å². The number of likely N-dealkylation sites (tertiary alicyclic amines) is 1. The van der Waals surface area contributed by atoms with Crippen molar-refractivity contribution in [3.63, 3.8) is 0 Å². The van der Waals surface area contributed by atoms with E-state index in [-0.39, 0.29) is 0 Å². The predicted molar refractivity (Wildman–Crippen MR) is 63.1 cm³/mol. The summed E-state index contributed by atoms with van der Waals surface area (Å²) in [5.41, 5.74) is 0. The quantitative estimate of drug-likeness (QED) is 0.765. The Morgan fingerprint density at radius 1 is 1.19 bits per heavy atom. The Hall–Kier alpha value is -0.570. The number of carbonyl (C=O) groups excluding carboxylic acids is 1. The molecule has 2 unspecified atom stereocenters. The third kappa shape index (κ3) is 1.86. The first-order chi connectivity index (χ1) is 7.84. The third-order valence-corrected chi connectivity index (χ3v) is 4.66. The lowest BCUT2D eigenvalue weighted by Crippen LogP contribution is -2.46. The summed E-state index contributed by atoms with van der Waals surface area (Å²) in [5, 5.41) is 3.24. The van der Waals surface area contributed by atoms with Gasteiger partial charge in [0.25, 0.3) is 0 Å². The van der Waals surface area contributed by atoms with Crippen LogP contribution in [-0.4, -0.2) is 36.5 Å². The average molecular weight is 222 g/mol. The molecule has 16 heavy (non-hydrogen) atoms. The largest absolute Gasteiger partial charge is 0.339 e. The van der Waals surface area contributed by atoms with Crippen LogP contribution in [0.5, 0.6) is 0 Å². The Labute approximate surface area is 97.6 Å². The third-order valence-electron chi connectivity index (χ3n) is 4.66. The zero-order chi connectivity index (χ0) is 11.0. The lowest BCUT2D eigenvalue weighted by molar-refractivity contribution is -0.134. The number of rotatable bonds is 2. The molecule has 2 aliphatic heterocycles. The molecule has 2 atom stereocenters. The van der Waals surface area contributed by atoms with Gasteiger partial charge in [0.2, 0.25) is 5.91 Å². The maximum Gasteiger partial charge on any atom is 0.223 e. The minimum atomic E-state index is 0.431.